The highest BCUT2D eigenvalue weighted by Gasteiger charge is 2.10. The fourth-order valence-electron chi connectivity index (χ4n) is 1.38. The number of nitrogens with zero attached hydrogens (tertiary/aromatic N) is 2. The van der Waals surface area contributed by atoms with Crippen molar-refractivity contribution < 1.29 is 4.74 Å². The van der Waals surface area contributed by atoms with Crippen molar-refractivity contribution in [1.29, 1.82) is 0 Å². The Labute approximate surface area is 94.4 Å². The lowest BCUT2D eigenvalue weighted by molar-refractivity contribution is 0.205. The minimum absolute atomic E-state index is 0.185. The summed E-state index contributed by atoms with van der Waals surface area (Å²) in [5.74, 6) is 0.424. The van der Waals surface area contributed by atoms with Crippen LogP contribution in [0, 0.1) is 0 Å². The Kier molecular flexibility index (Phi) is 5.52. The molecule has 0 unspecified atom stereocenters. The highest BCUT2D eigenvalue weighted by Crippen LogP contribution is 2.02. The largest absolute Gasteiger partial charge is 0.383 e. The fraction of sp³-hybridized carbons (Fsp3) is 0.600. The molecule has 0 aliphatic rings. The zero-order valence-corrected chi connectivity index (χ0v) is 9.48. The summed E-state index contributed by atoms with van der Waals surface area (Å²) in [6, 6.07) is 0. The van der Waals surface area contributed by atoms with Crippen LogP contribution in [0.3, 0.4) is 0 Å². The number of rotatable bonds is 7. The van der Waals surface area contributed by atoms with Gasteiger partial charge in [-0.3, -0.25) is 4.79 Å². The Balaban J connectivity index is 2.74. The summed E-state index contributed by atoms with van der Waals surface area (Å²) >= 11 is 0. The van der Waals surface area contributed by atoms with E-state index in [9.17, 15) is 4.79 Å². The van der Waals surface area contributed by atoms with Crippen molar-refractivity contribution in [3.63, 3.8) is 0 Å². The van der Waals surface area contributed by atoms with Crippen molar-refractivity contribution in [3.05, 3.63) is 22.7 Å². The predicted molar refractivity (Wildman–Crippen MR) is 62.6 cm³/mol. The first kappa shape index (κ1) is 12.7. The molecule has 6 heteroatoms. The second-order valence-corrected chi connectivity index (χ2v) is 3.36. The van der Waals surface area contributed by atoms with Gasteiger partial charge in [0.1, 0.15) is 0 Å². The highest BCUT2D eigenvalue weighted by atomic mass is 16.5. The molecule has 0 radical (unpaired) electrons. The van der Waals surface area contributed by atoms with E-state index >= 15 is 0 Å². The quantitative estimate of drug-likeness (QED) is 0.659. The maximum atomic E-state index is 11.6. The summed E-state index contributed by atoms with van der Waals surface area (Å²) in [6.45, 7) is 2.49. The predicted octanol–water partition coefficient (Wildman–Crippen LogP) is -0.428. The summed E-state index contributed by atoms with van der Waals surface area (Å²) in [5.41, 5.74) is 5.27. The van der Waals surface area contributed by atoms with E-state index in [0.717, 1.165) is 6.42 Å². The lowest BCUT2D eigenvalue weighted by Gasteiger charge is -2.21. The number of hydrogen-bond acceptors (Lipinski definition) is 5. The third-order valence-corrected chi connectivity index (χ3v) is 2.19. The SMILES string of the molecule is COCCN(CCCN)c1ncc[nH]c1=O. The molecule has 1 rings (SSSR count). The van der Waals surface area contributed by atoms with Crippen LogP contribution >= 0.6 is 0 Å². The van der Waals surface area contributed by atoms with Crippen LogP contribution in [0.25, 0.3) is 0 Å². The Hall–Kier alpha value is -1.40. The second-order valence-electron chi connectivity index (χ2n) is 3.36. The van der Waals surface area contributed by atoms with Gasteiger partial charge in [0, 0.05) is 32.6 Å². The van der Waals surface area contributed by atoms with Gasteiger partial charge in [0.2, 0.25) is 0 Å². The van der Waals surface area contributed by atoms with E-state index in [2.05, 4.69) is 9.97 Å². The van der Waals surface area contributed by atoms with Gasteiger partial charge in [-0.05, 0) is 13.0 Å². The Morgan fingerprint density at radius 2 is 2.38 bits per heavy atom. The van der Waals surface area contributed by atoms with E-state index in [1.54, 1.807) is 13.3 Å². The molecule has 1 aromatic heterocycles. The molecule has 0 atom stereocenters. The Morgan fingerprint density at radius 3 is 3.00 bits per heavy atom. The van der Waals surface area contributed by atoms with Gasteiger partial charge < -0.3 is 20.4 Å². The number of nitrogens with one attached hydrogen (secondary N) is 1. The first-order valence-electron chi connectivity index (χ1n) is 5.27. The topological polar surface area (TPSA) is 84.2 Å². The number of methoxy groups -OCH3 is 1. The van der Waals surface area contributed by atoms with Crippen molar-refractivity contribution in [1.82, 2.24) is 9.97 Å². The van der Waals surface area contributed by atoms with E-state index in [4.69, 9.17) is 10.5 Å². The highest BCUT2D eigenvalue weighted by molar-refractivity contribution is 5.34. The Bertz CT molecular complexity index is 345. The van der Waals surface area contributed by atoms with Crippen LogP contribution in [-0.2, 0) is 4.74 Å². The van der Waals surface area contributed by atoms with Crippen LogP contribution in [0.15, 0.2) is 17.2 Å². The van der Waals surface area contributed by atoms with Crippen molar-refractivity contribution in [2.45, 2.75) is 6.42 Å². The number of anilines is 1. The third kappa shape index (κ3) is 3.63. The van der Waals surface area contributed by atoms with E-state index in [-0.39, 0.29) is 5.56 Å². The van der Waals surface area contributed by atoms with Crippen LogP contribution < -0.4 is 16.2 Å². The average molecular weight is 226 g/mol. The molecule has 0 amide bonds. The zero-order valence-electron chi connectivity index (χ0n) is 9.48. The molecule has 1 aromatic rings. The summed E-state index contributed by atoms with van der Waals surface area (Å²) in [7, 11) is 1.63. The molecule has 3 N–H and O–H groups in total. The third-order valence-electron chi connectivity index (χ3n) is 2.19. The van der Waals surface area contributed by atoms with Gasteiger partial charge in [-0.15, -0.1) is 0 Å². The number of H-pyrrole nitrogens is 1. The lowest BCUT2D eigenvalue weighted by Crippen LogP contribution is -2.34. The van der Waals surface area contributed by atoms with Gasteiger partial charge >= 0.3 is 0 Å². The lowest BCUT2D eigenvalue weighted by atomic mass is 10.3. The van der Waals surface area contributed by atoms with Crippen molar-refractivity contribution in [2.75, 3.05) is 38.3 Å². The van der Waals surface area contributed by atoms with Crippen molar-refractivity contribution >= 4 is 5.82 Å². The minimum Gasteiger partial charge on any atom is -0.383 e. The monoisotopic (exact) mass is 226 g/mol. The number of aromatic nitrogens is 2. The molecule has 0 aromatic carbocycles. The minimum atomic E-state index is -0.185. The Morgan fingerprint density at radius 1 is 1.56 bits per heavy atom. The maximum Gasteiger partial charge on any atom is 0.290 e. The van der Waals surface area contributed by atoms with Gasteiger partial charge in [-0.1, -0.05) is 0 Å². The molecule has 16 heavy (non-hydrogen) atoms. The van der Waals surface area contributed by atoms with Gasteiger partial charge in [-0.2, -0.15) is 0 Å². The van der Waals surface area contributed by atoms with Crippen LogP contribution in [0.2, 0.25) is 0 Å². The molecule has 0 saturated carbocycles. The van der Waals surface area contributed by atoms with Crippen LogP contribution in [-0.4, -0.2) is 43.3 Å². The van der Waals surface area contributed by atoms with Crippen molar-refractivity contribution in [2.24, 2.45) is 5.73 Å². The van der Waals surface area contributed by atoms with E-state index in [0.29, 0.717) is 32.1 Å². The standard InChI is InChI=1S/C10H18N4O2/c1-16-8-7-14(6-2-3-11)9-10(15)13-5-4-12-9/h4-5H,2-3,6-8,11H2,1H3,(H,13,15). The molecule has 1 heterocycles. The summed E-state index contributed by atoms with van der Waals surface area (Å²) < 4.78 is 5.00. The summed E-state index contributed by atoms with van der Waals surface area (Å²) in [6.07, 6.45) is 3.90. The number of nitrogens with two attached hydrogens (primary N) is 1. The molecule has 0 bridgehead atoms. The van der Waals surface area contributed by atoms with Gasteiger partial charge in [0.15, 0.2) is 5.82 Å². The molecule has 90 valence electrons. The first-order chi connectivity index (χ1) is 7.79. The molecular formula is C10H18N4O2. The molecule has 0 aliphatic carbocycles. The van der Waals surface area contributed by atoms with Crippen LogP contribution in [0.4, 0.5) is 5.82 Å². The molecule has 0 saturated heterocycles. The maximum absolute atomic E-state index is 11.6. The summed E-state index contributed by atoms with van der Waals surface area (Å²) in [4.78, 5) is 20.1. The normalized spacial score (nSPS) is 10.4. The zero-order chi connectivity index (χ0) is 11.8. The smallest absolute Gasteiger partial charge is 0.290 e. The van der Waals surface area contributed by atoms with Crippen molar-refractivity contribution in [3.8, 4) is 0 Å². The van der Waals surface area contributed by atoms with Crippen LogP contribution in [0.1, 0.15) is 6.42 Å². The summed E-state index contributed by atoms with van der Waals surface area (Å²) in [5, 5.41) is 0. The van der Waals surface area contributed by atoms with E-state index in [1.807, 2.05) is 4.90 Å². The van der Waals surface area contributed by atoms with E-state index in [1.165, 1.54) is 6.20 Å². The van der Waals surface area contributed by atoms with Crippen LogP contribution in [0.5, 0.6) is 0 Å². The molecule has 0 fully saturated rings. The first-order valence-corrected chi connectivity index (χ1v) is 5.27. The van der Waals surface area contributed by atoms with Gasteiger partial charge in [-0.25, -0.2) is 4.98 Å². The fourth-order valence-corrected chi connectivity index (χ4v) is 1.38. The molecule has 0 aliphatic heterocycles. The average Bonchev–Trinajstić information content (AvgIpc) is 2.31. The number of hydrogen-bond donors (Lipinski definition) is 2. The van der Waals surface area contributed by atoms with E-state index < -0.39 is 0 Å². The molecular weight excluding hydrogens is 208 g/mol. The molecule has 6 nitrogen and oxygen atoms in total. The number of aromatic amines is 1. The second kappa shape index (κ2) is 6.97. The van der Waals surface area contributed by atoms with Gasteiger partial charge in [0.05, 0.1) is 6.61 Å². The number of ether oxygens (including phenoxy) is 1. The molecule has 0 spiro atoms. The van der Waals surface area contributed by atoms with Gasteiger partial charge in [0.25, 0.3) is 5.56 Å².